The maximum Gasteiger partial charge on any atom is 0.135 e. The largest absolute Gasteiger partial charge is 0.456 e. The minimum atomic E-state index is 0.904. The fourth-order valence-corrected chi connectivity index (χ4v) is 7.36. The quantitative estimate of drug-likeness (QED) is 0.206. The van der Waals surface area contributed by atoms with Crippen LogP contribution in [0.1, 0.15) is 0 Å². The summed E-state index contributed by atoms with van der Waals surface area (Å²) in [6, 6.07) is 56.6. The van der Waals surface area contributed by atoms with Gasteiger partial charge in [0.1, 0.15) is 11.2 Å². The third-order valence-corrected chi connectivity index (χ3v) is 9.30. The predicted molar refractivity (Wildman–Crippen MR) is 188 cm³/mol. The van der Waals surface area contributed by atoms with Crippen LogP contribution < -0.4 is 0 Å². The van der Waals surface area contributed by atoms with Crippen LogP contribution in [0.5, 0.6) is 0 Å². The molecule has 3 nitrogen and oxygen atoms in total. The van der Waals surface area contributed by atoms with Crippen molar-refractivity contribution >= 4 is 65.6 Å². The number of hydrogen-bond donors (Lipinski definition) is 0. The molecule has 10 rings (SSSR count). The van der Waals surface area contributed by atoms with Crippen molar-refractivity contribution in [3.05, 3.63) is 158 Å². The summed E-state index contributed by atoms with van der Waals surface area (Å²) < 4.78 is 11.1. The molecule has 0 amide bonds. The molecule has 210 valence electrons. The number of hydrogen-bond acceptors (Lipinski definition) is 1. The molecule has 0 atom stereocenters. The number of aromatic nitrogens is 2. The lowest BCUT2D eigenvalue weighted by Gasteiger charge is -2.12. The summed E-state index contributed by atoms with van der Waals surface area (Å²) in [7, 11) is 0. The first kappa shape index (κ1) is 24.4. The molecule has 7 aromatic carbocycles. The lowest BCUT2D eigenvalue weighted by molar-refractivity contribution is 0.669. The minimum Gasteiger partial charge on any atom is -0.456 e. The van der Waals surface area contributed by atoms with Crippen molar-refractivity contribution in [1.29, 1.82) is 0 Å². The van der Waals surface area contributed by atoms with Crippen LogP contribution in [0.2, 0.25) is 0 Å². The van der Waals surface area contributed by atoms with Crippen molar-refractivity contribution < 1.29 is 4.42 Å². The number of fused-ring (bicyclic) bond motifs is 10. The molecule has 3 heterocycles. The van der Waals surface area contributed by atoms with Crippen LogP contribution in [0.3, 0.4) is 0 Å². The highest BCUT2D eigenvalue weighted by atomic mass is 16.3. The van der Waals surface area contributed by atoms with Gasteiger partial charge in [-0.2, -0.15) is 0 Å². The van der Waals surface area contributed by atoms with Gasteiger partial charge in [0.05, 0.1) is 22.1 Å². The molecule has 0 radical (unpaired) electrons. The smallest absolute Gasteiger partial charge is 0.135 e. The fraction of sp³-hybridized carbons (Fsp3) is 0. The van der Waals surface area contributed by atoms with Crippen molar-refractivity contribution in [3.8, 4) is 22.5 Å². The van der Waals surface area contributed by atoms with Crippen LogP contribution >= 0.6 is 0 Å². The van der Waals surface area contributed by atoms with Gasteiger partial charge in [-0.15, -0.1) is 0 Å². The fourth-order valence-electron chi connectivity index (χ4n) is 7.36. The Kier molecular flexibility index (Phi) is 5.00. The van der Waals surface area contributed by atoms with Gasteiger partial charge in [0.25, 0.3) is 0 Å². The highest BCUT2D eigenvalue weighted by Crippen LogP contribution is 2.43. The average molecular weight is 575 g/mol. The summed E-state index contributed by atoms with van der Waals surface area (Å²) in [6.07, 6.45) is 0. The molecule has 0 bridgehead atoms. The Hall–Kier alpha value is -6.06. The monoisotopic (exact) mass is 574 g/mol. The van der Waals surface area contributed by atoms with E-state index in [1.165, 1.54) is 54.7 Å². The number of furan rings is 1. The van der Waals surface area contributed by atoms with Gasteiger partial charge in [-0.25, -0.2) is 0 Å². The summed E-state index contributed by atoms with van der Waals surface area (Å²) >= 11 is 0. The van der Waals surface area contributed by atoms with Crippen LogP contribution in [-0.4, -0.2) is 9.13 Å². The molecule has 0 aliphatic rings. The number of benzene rings is 7. The molecule has 45 heavy (non-hydrogen) atoms. The van der Waals surface area contributed by atoms with E-state index in [1.54, 1.807) is 0 Å². The molecule has 0 saturated carbocycles. The lowest BCUT2D eigenvalue weighted by Crippen LogP contribution is -1.96. The van der Waals surface area contributed by atoms with Gasteiger partial charge in [0.15, 0.2) is 0 Å². The number of rotatable bonds is 3. The summed E-state index contributed by atoms with van der Waals surface area (Å²) in [5.41, 5.74) is 11.3. The van der Waals surface area contributed by atoms with Crippen molar-refractivity contribution in [2.75, 3.05) is 0 Å². The summed E-state index contributed by atoms with van der Waals surface area (Å²) in [5.74, 6) is 0. The highest BCUT2D eigenvalue weighted by Gasteiger charge is 2.21. The molecule has 0 spiro atoms. The Labute approximate surface area is 258 Å². The van der Waals surface area contributed by atoms with Gasteiger partial charge < -0.3 is 13.6 Å². The topological polar surface area (TPSA) is 23.0 Å². The van der Waals surface area contributed by atoms with E-state index in [0.29, 0.717) is 0 Å². The van der Waals surface area contributed by atoms with Gasteiger partial charge >= 0.3 is 0 Å². The Morgan fingerprint density at radius 2 is 1.02 bits per heavy atom. The minimum absolute atomic E-state index is 0.904. The van der Waals surface area contributed by atoms with E-state index >= 15 is 0 Å². The van der Waals surface area contributed by atoms with Crippen LogP contribution in [0.25, 0.3) is 88.1 Å². The van der Waals surface area contributed by atoms with Crippen LogP contribution in [-0.2, 0) is 0 Å². The van der Waals surface area contributed by atoms with E-state index < -0.39 is 0 Å². The van der Waals surface area contributed by atoms with E-state index in [-0.39, 0.29) is 0 Å². The Balaban J connectivity index is 1.33. The van der Waals surface area contributed by atoms with Crippen LogP contribution in [0, 0.1) is 0 Å². The average Bonchev–Trinajstić information content (AvgIpc) is 3.76. The SMILES string of the molecule is c1ccc(-c2cccc(-n3c4ccccc4c4ccc5c(c6ccccc6n5-c5ccc6oc7ccccc7c6c5)c43)c2)cc1. The highest BCUT2D eigenvalue weighted by molar-refractivity contribution is 6.26. The molecule has 0 aliphatic heterocycles. The predicted octanol–water partition coefficient (Wildman–Crippen LogP) is 11.4. The van der Waals surface area contributed by atoms with Crippen LogP contribution in [0.4, 0.5) is 0 Å². The second kappa shape index (κ2) is 9.22. The molecule has 0 aliphatic carbocycles. The zero-order chi connectivity index (χ0) is 29.5. The first-order chi connectivity index (χ1) is 22.3. The third kappa shape index (κ3) is 3.46. The molecular formula is C42H26N2O. The molecular weight excluding hydrogens is 548 g/mol. The van der Waals surface area contributed by atoms with Crippen LogP contribution in [0.15, 0.2) is 162 Å². The van der Waals surface area contributed by atoms with E-state index in [0.717, 1.165) is 33.3 Å². The second-order valence-electron chi connectivity index (χ2n) is 11.8. The first-order valence-corrected chi connectivity index (χ1v) is 15.4. The second-order valence-corrected chi connectivity index (χ2v) is 11.8. The maximum atomic E-state index is 6.18. The summed E-state index contributed by atoms with van der Waals surface area (Å²) in [6.45, 7) is 0. The normalized spacial score (nSPS) is 12.0. The lowest BCUT2D eigenvalue weighted by atomic mass is 10.0. The maximum absolute atomic E-state index is 6.18. The summed E-state index contributed by atoms with van der Waals surface area (Å²) in [4.78, 5) is 0. The van der Waals surface area contributed by atoms with Gasteiger partial charge in [0, 0.05) is 43.7 Å². The standard InChI is InChI=1S/C42H26N2O/c1-2-11-27(12-3-1)28-13-10-14-29(25-28)44-36-18-7-4-15-31(36)33-22-23-38-41(42(33)44)34-17-5-8-19-37(34)43(38)30-21-24-40-35(26-30)32-16-6-9-20-39(32)45-40/h1-26H. The molecule has 3 aromatic heterocycles. The van der Waals surface area contributed by atoms with Gasteiger partial charge in [-0.1, -0.05) is 103 Å². The van der Waals surface area contributed by atoms with Gasteiger partial charge in [-0.05, 0) is 65.7 Å². The zero-order valence-corrected chi connectivity index (χ0v) is 24.3. The van der Waals surface area contributed by atoms with E-state index in [2.05, 4.69) is 155 Å². The Bertz CT molecular complexity index is 2760. The zero-order valence-electron chi connectivity index (χ0n) is 24.3. The van der Waals surface area contributed by atoms with Gasteiger partial charge in [0.2, 0.25) is 0 Å². The Morgan fingerprint density at radius 3 is 1.89 bits per heavy atom. The van der Waals surface area contributed by atoms with E-state index in [4.69, 9.17) is 4.42 Å². The van der Waals surface area contributed by atoms with Crippen molar-refractivity contribution in [1.82, 2.24) is 9.13 Å². The van der Waals surface area contributed by atoms with Crippen molar-refractivity contribution in [2.45, 2.75) is 0 Å². The summed E-state index contributed by atoms with van der Waals surface area (Å²) in [5, 5.41) is 7.25. The van der Waals surface area contributed by atoms with E-state index in [1.807, 2.05) is 12.1 Å². The molecule has 10 aromatic rings. The van der Waals surface area contributed by atoms with Gasteiger partial charge in [-0.3, -0.25) is 0 Å². The number of nitrogens with zero attached hydrogens (tertiary/aromatic N) is 2. The molecule has 0 saturated heterocycles. The molecule has 0 N–H and O–H groups in total. The molecule has 0 fully saturated rings. The van der Waals surface area contributed by atoms with Crippen molar-refractivity contribution in [3.63, 3.8) is 0 Å². The van der Waals surface area contributed by atoms with Crippen molar-refractivity contribution in [2.24, 2.45) is 0 Å². The Morgan fingerprint density at radius 1 is 0.356 bits per heavy atom. The molecule has 3 heteroatoms. The third-order valence-electron chi connectivity index (χ3n) is 9.30. The van der Waals surface area contributed by atoms with E-state index in [9.17, 15) is 0 Å². The first-order valence-electron chi connectivity index (χ1n) is 15.4. The number of para-hydroxylation sites is 3. The molecule has 0 unspecified atom stereocenters.